The molecule has 1 rings (SSSR count). The minimum Gasteiger partial charge on any atom is -0.444 e. The van der Waals surface area contributed by atoms with Crippen LogP contribution in [0.3, 0.4) is 0 Å². The fourth-order valence-electron chi connectivity index (χ4n) is 2.01. The molecule has 128 valence electrons. The summed E-state index contributed by atoms with van der Waals surface area (Å²) >= 11 is 0. The maximum Gasteiger partial charge on any atom is 0.408 e. The predicted molar refractivity (Wildman–Crippen MR) is 92.5 cm³/mol. The molecule has 0 saturated carbocycles. The summed E-state index contributed by atoms with van der Waals surface area (Å²) in [6.07, 6.45) is -0.591. The van der Waals surface area contributed by atoms with Gasteiger partial charge in [-0.3, -0.25) is 4.79 Å². The van der Waals surface area contributed by atoms with Crippen LogP contribution in [0.2, 0.25) is 0 Å². The second-order valence-corrected chi connectivity index (χ2v) is 7.16. The number of alkyl carbamates (subject to hydrolysis) is 1. The van der Waals surface area contributed by atoms with E-state index >= 15 is 0 Å². The van der Waals surface area contributed by atoms with Gasteiger partial charge in [0.05, 0.1) is 0 Å². The zero-order chi connectivity index (χ0) is 17.8. The third kappa shape index (κ3) is 6.30. The SMILES string of the molecule is Cc1ccc(NC(=O)C(NC(=O)OC(C)(C)C)C(C)C)cc1C. The van der Waals surface area contributed by atoms with Gasteiger partial charge < -0.3 is 15.4 Å². The van der Waals surface area contributed by atoms with Crippen LogP contribution in [0, 0.1) is 19.8 Å². The van der Waals surface area contributed by atoms with Crippen molar-refractivity contribution in [1.82, 2.24) is 5.32 Å². The van der Waals surface area contributed by atoms with Crippen molar-refractivity contribution in [2.24, 2.45) is 5.92 Å². The fourth-order valence-corrected chi connectivity index (χ4v) is 2.01. The maximum absolute atomic E-state index is 12.5. The van der Waals surface area contributed by atoms with Gasteiger partial charge in [-0.25, -0.2) is 4.79 Å². The molecule has 0 aliphatic rings. The summed E-state index contributed by atoms with van der Waals surface area (Å²) in [7, 11) is 0. The first-order valence-corrected chi connectivity index (χ1v) is 7.87. The first-order valence-electron chi connectivity index (χ1n) is 7.87. The fraction of sp³-hybridized carbons (Fsp3) is 0.556. The molecule has 0 heterocycles. The van der Waals surface area contributed by atoms with E-state index in [2.05, 4.69) is 10.6 Å². The topological polar surface area (TPSA) is 67.4 Å². The van der Waals surface area contributed by atoms with Crippen LogP contribution in [0.1, 0.15) is 45.7 Å². The Balaban J connectivity index is 2.78. The zero-order valence-electron chi connectivity index (χ0n) is 15.1. The molecule has 0 aromatic heterocycles. The molecule has 1 atom stereocenters. The quantitative estimate of drug-likeness (QED) is 0.887. The summed E-state index contributed by atoms with van der Waals surface area (Å²) in [4.78, 5) is 24.4. The largest absolute Gasteiger partial charge is 0.444 e. The van der Waals surface area contributed by atoms with Crippen molar-refractivity contribution in [2.45, 2.75) is 60.1 Å². The van der Waals surface area contributed by atoms with Crippen molar-refractivity contribution < 1.29 is 14.3 Å². The summed E-state index contributed by atoms with van der Waals surface area (Å²) < 4.78 is 5.22. The van der Waals surface area contributed by atoms with Crippen molar-refractivity contribution in [3.63, 3.8) is 0 Å². The Bertz CT molecular complexity index is 574. The van der Waals surface area contributed by atoms with E-state index in [1.807, 2.05) is 45.9 Å². The average molecular weight is 320 g/mol. The molecule has 0 bridgehead atoms. The lowest BCUT2D eigenvalue weighted by Gasteiger charge is -2.25. The summed E-state index contributed by atoms with van der Waals surface area (Å²) in [5.74, 6) is -0.317. The van der Waals surface area contributed by atoms with E-state index in [4.69, 9.17) is 4.74 Å². The van der Waals surface area contributed by atoms with Crippen molar-refractivity contribution in [1.29, 1.82) is 0 Å². The number of anilines is 1. The third-order valence-electron chi connectivity index (χ3n) is 3.40. The van der Waals surface area contributed by atoms with Crippen LogP contribution in [-0.2, 0) is 9.53 Å². The van der Waals surface area contributed by atoms with Crippen LogP contribution in [0.4, 0.5) is 10.5 Å². The lowest BCUT2D eigenvalue weighted by Crippen LogP contribution is -2.48. The normalized spacial score (nSPS) is 12.7. The highest BCUT2D eigenvalue weighted by Gasteiger charge is 2.27. The number of rotatable bonds is 4. The molecule has 0 radical (unpaired) electrons. The monoisotopic (exact) mass is 320 g/mol. The van der Waals surface area contributed by atoms with Crippen molar-refractivity contribution in [3.05, 3.63) is 29.3 Å². The van der Waals surface area contributed by atoms with Crippen LogP contribution in [0.15, 0.2) is 18.2 Å². The molecule has 23 heavy (non-hydrogen) atoms. The van der Waals surface area contributed by atoms with Crippen molar-refractivity contribution in [2.75, 3.05) is 5.32 Å². The van der Waals surface area contributed by atoms with E-state index in [1.54, 1.807) is 20.8 Å². The number of amides is 2. The molecule has 0 aliphatic carbocycles. The second-order valence-electron chi connectivity index (χ2n) is 7.16. The third-order valence-corrected chi connectivity index (χ3v) is 3.40. The molecule has 0 aliphatic heterocycles. The van der Waals surface area contributed by atoms with Gasteiger partial charge in [-0.15, -0.1) is 0 Å². The molecular formula is C18H28N2O3. The Hall–Kier alpha value is -2.04. The number of carbonyl (C=O) groups excluding carboxylic acids is 2. The Morgan fingerprint density at radius 3 is 2.17 bits per heavy atom. The average Bonchev–Trinajstić information content (AvgIpc) is 2.37. The number of carbonyl (C=O) groups is 2. The van der Waals surface area contributed by atoms with E-state index in [1.165, 1.54) is 0 Å². The number of hydrogen-bond donors (Lipinski definition) is 2. The summed E-state index contributed by atoms with van der Waals surface area (Å²) in [5.41, 5.74) is 2.38. The zero-order valence-corrected chi connectivity index (χ0v) is 15.1. The van der Waals surface area contributed by atoms with Gasteiger partial charge in [-0.2, -0.15) is 0 Å². The standard InChI is InChI=1S/C18H28N2O3/c1-11(2)15(20-17(22)23-18(5,6)7)16(21)19-14-9-8-12(3)13(4)10-14/h8-11,15H,1-7H3,(H,19,21)(H,20,22). The van der Waals surface area contributed by atoms with E-state index < -0.39 is 17.7 Å². The molecule has 0 fully saturated rings. The van der Waals surface area contributed by atoms with Gasteiger partial charge in [-0.05, 0) is 63.8 Å². The van der Waals surface area contributed by atoms with E-state index in [9.17, 15) is 9.59 Å². The van der Waals surface area contributed by atoms with E-state index in [0.717, 1.165) is 16.8 Å². The van der Waals surface area contributed by atoms with Crippen LogP contribution in [0.25, 0.3) is 0 Å². The van der Waals surface area contributed by atoms with Crippen LogP contribution < -0.4 is 10.6 Å². The maximum atomic E-state index is 12.5. The van der Waals surface area contributed by atoms with Gasteiger partial charge in [0, 0.05) is 5.69 Å². The number of aryl methyl sites for hydroxylation is 2. The first-order chi connectivity index (χ1) is 10.5. The summed E-state index contributed by atoms with van der Waals surface area (Å²) in [6, 6.07) is 5.06. The molecule has 0 spiro atoms. The van der Waals surface area contributed by atoms with Crippen molar-refractivity contribution in [3.8, 4) is 0 Å². The number of ether oxygens (including phenoxy) is 1. The molecule has 1 unspecified atom stereocenters. The molecule has 1 aromatic carbocycles. The summed E-state index contributed by atoms with van der Waals surface area (Å²) in [6.45, 7) is 13.1. The van der Waals surface area contributed by atoms with E-state index in [-0.39, 0.29) is 11.8 Å². The Morgan fingerprint density at radius 2 is 1.70 bits per heavy atom. The Kier molecular flexibility index (Phi) is 6.19. The molecule has 5 heteroatoms. The number of hydrogen-bond acceptors (Lipinski definition) is 3. The van der Waals surface area contributed by atoms with Crippen LogP contribution in [-0.4, -0.2) is 23.6 Å². The predicted octanol–water partition coefficient (Wildman–Crippen LogP) is 3.79. The number of benzene rings is 1. The van der Waals surface area contributed by atoms with Crippen LogP contribution in [0.5, 0.6) is 0 Å². The lowest BCUT2D eigenvalue weighted by molar-refractivity contribution is -0.119. The highest BCUT2D eigenvalue weighted by Crippen LogP contribution is 2.16. The lowest BCUT2D eigenvalue weighted by atomic mass is 10.0. The van der Waals surface area contributed by atoms with E-state index in [0.29, 0.717) is 0 Å². The summed E-state index contributed by atoms with van der Waals surface area (Å²) in [5, 5.41) is 5.50. The van der Waals surface area contributed by atoms with Crippen molar-refractivity contribution >= 4 is 17.7 Å². The Morgan fingerprint density at radius 1 is 1.09 bits per heavy atom. The van der Waals surface area contributed by atoms with Gasteiger partial charge in [0.25, 0.3) is 0 Å². The smallest absolute Gasteiger partial charge is 0.408 e. The van der Waals surface area contributed by atoms with Crippen LogP contribution >= 0.6 is 0 Å². The Labute approximate surface area is 138 Å². The molecule has 0 saturated heterocycles. The van der Waals surface area contributed by atoms with Gasteiger partial charge in [-0.1, -0.05) is 19.9 Å². The highest BCUT2D eigenvalue weighted by molar-refractivity contribution is 5.96. The molecule has 1 aromatic rings. The second kappa shape index (κ2) is 7.49. The van der Waals surface area contributed by atoms with Gasteiger partial charge >= 0.3 is 6.09 Å². The van der Waals surface area contributed by atoms with Gasteiger partial charge in [0.1, 0.15) is 11.6 Å². The number of nitrogens with one attached hydrogen (secondary N) is 2. The molecular weight excluding hydrogens is 292 g/mol. The molecule has 2 amide bonds. The minimum absolute atomic E-state index is 0.0611. The first kappa shape index (κ1) is 19.0. The highest BCUT2D eigenvalue weighted by atomic mass is 16.6. The minimum atomic E-state index is -0.661. The van der Waals surface area contributed by atoms with Gasteiger partial charge in [0.15, 0.2) is 0 Å². The van der Waals surface area contributed by atoms with Gasteiger partial charge in [0.2, 0.25) is 5.91 Å². The molecule has 2 N–H and O–H groups in total. The molecule has 5 nitrogen and oxygen atoms in total.